The van der Waals surface area contributed by atoms with Gasteiger partial charge >= 0.3 is 0 Å². The number of nitrogens with one attached hydrogen (secondary N) is 1. The monoisotopic (exact) mass is 375 g/mol. The van der Waals surface area contributed by atoms with Crippen molar-refractivity contribution in [2.45, 2.75) is 13.8 Å². The number of aromatic nitrogens is 2. The highest BCUT2D eigenvalue weighted by molar-refractivity contribution is 7.14. The molecule has 4 aromatic rings. The quantitative estimate of drug-likeness (QED) is 0.523. The third-order valence-electron chi connectivity index (χ3n) is 4.19. The van der Waals surface area contributed by atoms with Gasteiger partial charge in [-0.3, -0.25) is 4.79 Å². The first kappa shape index (κ1) is 17.2. The second-order valence-electron chi connectivity index (χ2n) is 6.23. The van der Waals surface area contributed by atoms with Gasteiger partial charge < -0.3 is 9.84 Å². The molecule has 5 nitrogen and oxygen atoms in total. The van der Waals surface area contributed by atoms with Crippen LogP contribution in [0.5, 0.6) is 0 Å². The third-order valence-corrected chi connectivity index (χ3v) is 5.09. The van der Waals surface area contributed by atoms with E-state index in [0.29, 0.717) is 23.0 Å². The summed E-state index contributed by atoms with van der Waals surface area (Å²) in [5.74, 6) is 0.750. The van der Waals surface area contributed by atoms with E-state index >= 15 is 0 Å². The van der Waals surface area contributed by atoms with E-state index in [9.17, 15) is 4.79 Å². The Balaban J connectivity index is 1.60. The zero-order valence-corrected chi connectivity index (χ0v) is 15.7. The normalized spacial score (nSPS) is 10.7. The van der Waals surface area contributed by atoms with Gasteiger partial charge in [0.05, 0.1) is 5.69 Å². The summed E-state index contributed by atoms with van der Waals surface area (Å²) in [6.45, 7) is 3.94. The van der Waals surface area contributed by atoms with E-state index < -0.39 is 0 Å². The van der Waals surface area contributed by atoms with Crippen LogP contribution in [0.1, 0.15) is 21.5 Å². The Labute approximate surface area is 160 Å². The van der Waals surface area contributed by atoms with Crippen molar-refractivity contribution in [2.75, 3.05) is 5.32 Å². The van der Waals surface area contributed by atoms with Crippen molar-refractivity contribution < 1.29 is 9.32 Å². The fourth-order valence-electron chi connectivity index (χ4n) is 2.85. The van der Waals surface area contributed by atoms with Crippen molar-refractivity contribution in [1.29, 1.82) is 0 Å². The molecular formula is C21H17N3O2S. The minimum absolute atomic E-state index is 0.157. The lowest BCUT2D eigenvalue weighted by Gasteiger charge is -2.08. The summed E-state index contributed by atoms with van der Waals surface area (Å²) >= 11 is 1.44. The fraction of sp³-hybridized carbons (Fsp3) is 0.0952. The lowest BCUT2D eigenvalue weighted by Crippen LogP contribution is -2.13. The number of thiophene rings is 1. The summed E-state index contributed by atoms with van der Waals surface area (Å²) in [6, 6.07) is 17.2. The molecule has 0 fully saturated rings. The number of carbonyl (C=O) groups is 1. The highest BCUT2D eigenvalue weighted by Gasteiger charge is 2.18. The van der Waals surface area contributed by atoms with Crippen molar-refractivity contribution in [3.8, 4) is 22.2 Å². The van der Waals surface area contributed by atoms with Crippen LogP contribution < -0.4 is 5.32 Å². The zero-order valence-electron chi connectivity index (χ0n) is 14.9. The van der Waals surface area contributed by atoms with Crippen LogP contribution >= 0.6 is 11.3 Å². The molecule has 134 valence electrons. The van der Waals surface area contributed by atoms with E-state index in [-0.39, 0.29) is 5.91 Å². The van der Waals surface area contributed by atoms with E-state index in [0.717, 1.165) is 21.6 Å². The van der Waals surface area contributed by atoms with Crippen LogP contribution in [0, 0.1) is 13.8 Å². The van der Waals surface area contributed by atoms with Crippen molar-refractivity contribution in [3.63, 3.8) is 0 Å². The molecule has 0 aliphatic rings. The van der Waals surface area contributed by atoms with Gasteiger partial charge in [-0.15, -0.1) is 11.3 Å². The summed E-state index contributed by atoms with van der Waals surface area (Å²) in [4.78, 5) is 17.9. The molecule has 0 radical (unpaired) electrons. The van der Waals surface area contributed by atoms with Crippen LogP contribution in [-0.2, 0) is 0 Å². The molecular weight excluding hydrogens is 358 g/mol. The van der Waals surface area contributed by atoms with Gasteiger partial charge in [0.1, 0.15) is 4.88 Å². The number of anilines is 1. The average Bonchev–Trinajstić information content (AvgIpc) is 3.31. The van der Waals surface area contributed by atoms with Gasteiger partial charge in [0.25, 0.3) is 11.8 Å². The maximum absolute atomic E-state index is 12.7. The molecule has 27 heavy (non-hydrogen) atoms. The van der Waals surface area contributed by atoms with E-state index in [1.165, 1.54) is 11.3 Å². The zero-order chi connectivity index (χ0) is 18.8. The molecule has 4 rings (SSSR count). The maximum Gasteiger partial charge on any atom is 0.270 e. The van der Waals surface area contributed by atoms with E-state index in [1.54, 1.807) is 0 Å². The summed E-state index contributed by atoms with van der Waals surface area (Å²) in [7, 11) is 0. The number of benzene rings is 2. The third kappa shape index (κ3) is 3.52. The minimum Gasteiger partial charge on any atom is -0.333 e. The second-order valence-corrected chi connectivity index (χ2v) is 7.14. The number of hydrogen-bond donors (Lipinski definition) is 1. The number of rotatable bonds is 4. The molecule has 0 saturated heterocycles. The van der Waals surface area contributed by atoms with E-state index in [2.05, 4.69) is 15.5 Å². The van der Waals surface area contributed by atoms with Crippen LogP contribution in [-0.4, -0.2) is 16.0 Å². The average molecular weight is 375 g/mol. The molecule has 0 atom stereocenters. The molecule has 0 aliphatic heterocycles. The summed E-state index contributed by atoms with van der Waals surface area (Å²) in [6.07, 6.45) is 0. The molecule has 0 bridgehead atoms. The smallest absolute Gasteiger partial charge is 0.270 e. The SMILES string of the molecule is Cc1ccc(C(=O)Nc2ccsc2-c2nc(-c3ccccc3)no2)c(C)c1. The largest absolute Gasteiger partial charge is 0.333 e. The predicted molar refractivity (Wildman–Crippen MR) is 107 cm³/mol. The molecule has 0 spiro atoms. The Bertz CT molecular complexity index is 1100. The van der Waals surface area contributed by atoms with Gasteiger partial charge in [0.2, 0.25) is 5.82 Å². The number of aryl methyl sites for hydroxylation is 2. The number of carbonyl (C=O) groups excluding carboxylic acids is 1. The molecule has 2 aromatic heterocycles. The summed E-state index contributed by atoms with van der Waals surface area (Å²) in [5.41, 5.74) is 4.25. The summed E-state index contributed by atoms with van der Waals surface area (Å²) in [5, 5.41) is 8.90. The Morgan fingerprint density at radius 1 is 1.07 bits per heavy atom. The fourth-order valence-corrected chi connectivity index (χ4v) is 3.62. The highest BCUT2D eigenvalue weighted by Crippen LogP contribution is 2.34. The molecule has 2 heterocycles. The van der Waals surface area contributed by atoms with Crippen LogP contribution in [0.15, 0.2) is 64.5 Å². The van der Waals surface area contributed by atoms with Crippen LogP contribution in [0.25, 0.3) is 22.2 Å². The van der Waals surface area contributed by atoms with Gasteiger partial charge in [0, 0.05) is 11.1 Å². The minimum atomic E-state index is -0.157. The number of hydrogen-bond acceptors (Lipinski definition) is 5. The van der Waals surface area contributed by atoms with Gasteiger partial charge in [-0.05, 0) is 36.9 Å². The molecule has 6 heteroatoms. The molecule has 0 aliphatic carbocycles. The molecule has 1 N–H and O–H groups in total. The van der Waals surface area contributed by atoms with Gasteiger partial charge in [-0.25, -0.2) is 0 Å². The second kappa shape index (κ2) is 7.17. The first-order valence-corrected chi connectivity index (χ1v) is 9.35. The lowest BCUT2D eigenvalue weighted by molar-refractivity contribution is 0.102. The first-order chi connectivity index (χ1) is 13.1. The topological polar surface area (TPSA) is 68.0 Å². The van der Waals surface area contributed by atoms with Crippen molar-refractivity contribution in [2.24, 2.45) is 0 Å². The van der Waals surface area contributed by atoms with Gasteiger partial charge in [-0.2, -0.15) is 4.98 Å². The van der Waals surface area contributed by atoms with Crippen LogP contribution in [0.2, 0.25) is 0 Å². The van der Waals surface area contributed by atoms with E-state index in [1.807, 2.05) is 73.8 Å². The molecule has 0 saturated carbocycles. The standard InChI is InChI=1S/C21H17N3O2S/c1-13-8-9-16(14(2)12-13)20(25)22-17-10-11-27-18(17)21-23-19(24-26-21)15-6-4-3-5-7-15/h3-12H,1-2H3,(H,22,25). The Kier molecular flexibility index (Phi) is 4.56. The van der Waals surface area contributed by atoms with Crippen molar-refractivity contribution in [3.05, 3.63) is 76.7 Å². The Hall–Kier alpha value is -3.25. The molecule has 2 aromatic carbocycles. The number of amides is 1. The number of nitrogens with zero attached hydrogens (tertiary/aromatic N) is 2. The van der Waals surface area contributed by atoms with E-state index in [4.69, 9.17) is 4.52 Å². The Morgan fingerprint density at radius 2 is 1.89 bits per heavy atom. The Morgan fingerprint density at radius 3 is 2.67 bits per heavy atom. The van der Waals surface area contributed by atoms with Gasteiger partial charge in [-0.1, -0.05) is 53.2 Å². The predicted octanol–water partition coefficient (Wildman–Crippen LogP) is 5.33. The highest BCUT2D eigenvalue weighted by atomic mass is 32.1. The van der Waals surface area contributed by atoms with Gasteiger partial charge in [0.15, 0.2) is 0 Å². The van der Waals surface area contributed by atoms with Crippen LogP contribution in [0.3, 0.4) is 0 Å². The maximum atomic E-state index is 12.7. The molecule has 1 amide bonds. The summed E-state index contributed by atoms with van der Waals surface area (Å²) < 4.78 is 5.43. The van der Waals surface area contributed by atoms with Crippen molar-refractivity contribution in [1.82, 2.24) is 10.1 Å². The lowest BCUT2D eigenvalue weighted by atomic mass is 10.1. The molecule has 0 unspecified atom stereocenters. The first-order valence-electron chi connectivity index (χ1n) is 8.47. The van der Waals surface area contributed by atoms with Crippen LogP contribution in [0.4, 0.5) is 5.69 Å². The van der Waals surface area contributed by atoms with Crippen molar-refractivity contribution >= 4 is 22.9 Å².